The number of benzene rings is 2. The number of hydrogen-bond acceptors (Lipinski definition) is 6. The summed E-state index contributed by atoms with van der Waals surface area (Å²) in [7, 11) is 1.65. The van der Waals surface area contributed by atoms with Gasteiger partial charge in [-0.3, -0.25) is 9.59 Å². The van der Waals surface area contributed by atoms with E-state index in [0.717, 1.165) is 0 Å². The van der Waals surface area contributed by atoms with Crippen molar-refractivity contribution in [3.05, 3.63) is 53.6 Å². The fourth-order valence-corrected chi connectivity index (χ4v) is 3.20. The largest absolute Gasteiger partial charge is 0.454 e. The summed E-state index contributed by atoms with van der Waals surface area (Å²) in [4.78, 5) is 25.7. The monoisotopic (exact) mass is 384 g/mol. The zero-order valence-corrected chi connectivity index (χ0v) is 15.3. The van der Waals surface area contributed by atoms with Gasteiger partial charge in [0.1, 0.15) is 12.7 Å². The lowest BCUT2D eigenvalue weighted by molar-refractivity contribution is -0.151. The summed E-state index contributed by atoms with van der Waals surface area (Å²) in [5, 5.41) is 13.4. The number of aliphatic hydroxyl groups is 1. The van der Waals surface area contributed by atoms with Crippen LogP contribution in [0.25, 0.3) is 0 Å². The van der Waals surface area contributed by atoms with E-state index in [1.807, 2.05) is 0 Å². The number of hydrogen-bond donors (Lipinski definition) is 2. The molecule has 1 saturated heterocycles. The van der Waals surface area contributed by atoms with Crippen molar-refractivity contribution in [1.82, 2.24) is 4.90 Å². The molecule has 1 fully saturated rings. The van der Waals surface area contributed by atoms with E-state index in [0.29, 0.717) is 28.3 Å². The van der Waals surface area contributed by atoms with Crippen molar-refractivity contribution >= 4 is 17.5 Å². The van der Waals surface area contributed by atoms with Gasteiger partial charge in [-0.25, -0.2) is 0 Å². The van der Waals surface area contributed by atoms with E-state index in [1.165, 1.54) is 4.90 Å². The summed E-state index contributed by atoms with van der Waals surface area (Å²) in [6, 6.07) is 11.4. The van der Waals surface area contributed by atoms with E-state index < -0.39 is 12.1 Å². The first-order chi connectivity index (χ1) is 13.5. The fraction of sp³-hybridized carbons (Fsp3) is 0.300. The number of nitrogens with one attached hydrogen (secondary N) is 1. The van der Waals surface area contributed by atoms with E-state index in [9.17, 15) is 14.7 Å². The maximum absolute atomic E-state index is 12.4. The van der Waals surface area contributed by atoms with Crippen LogP contribution in [0, 0.1) is 0 Å². The number of carbonyl (C=O) groups excluding carboxylic acids is 2. The van der Waals surface area contributed by atoms with Crippen LogP contribution >= 0.6 is 0 Å². The first-order valence-corrected chi connectivity index (χ1v) is 8.85. The Labute approximate surface area is 161 Å². The summed E-state index contributed by atoms with van der Waals surface area (Å²) >= 11 is 0. The predicted molar refractivity (Wildman–Crippen MR) is 99.3 cm³/mol. The standard InChI is InChI=1S/C20H20N2O6/c1-22-15(9-26-10-18(22)23)19(24)12-2-5-14(6-3-12)21-20(25)13-4-7-16-17(8-13)28-11-27-16/h2-8,15,19,24H,9-11H2,1H3,(H,21,25). The van der Waals surface area contributed by atoms with Crippen molar-refractivity contribution in [3.8, 4) is 11.5 Å². The molecule has 2 aliphatic rings. The summed E-state index contributed by atoms with van der Waals surface area (Å²) in [6.45, 7) is 0.452. The van der Waals surface area contributed by atoms with Crippen LogP contribution in [0.3, 0.4) is 0 Å². The third-order valence-electron chi connectivity index (χ3n) is 4.91. The first kappa shape index (κ1) is 18.3. The van der Waals surface area contributed by atoms with Crippen molar-refractivity contribution in [2.45, 2.75) is 12.1 Å². The molecule has 2 aliphatic heterocycles. The Balaban J connectivity index is 1.43. The Kier molecular flexibility index (Phi) is 4.89. The topological polar surface area (TPSA) is 97.3 Å². The van der Waals surface area contributed by atoms with Gasteiger partial charge < -0.3 is 29.5 Å². The number of fused-ring (bicyclic) bond motifs is 1. The molecule has 2 heterocycles. The minimum Gasteiger partial charge on any atom is -0.454 e. The Bertz CT molecular complexity index is 898. The van der Waals surface area contributed by atoms with Crippen LogP contribution in [0.15, 0.2) is 42.5 Å². The number of likely N-dealkylation sites (N-methyl/N-ethyl adjacent to an activating group) is 1. The van der Waals surface area contributed by atoms with Crippen LogP contribution < -0.4 is 14.8 Å². The Morgan fingerprint density at radius 1 is 1.18 bits per heavy atom. The lowest BCUT2D eigenvalue weighted by atomic mass is 10.0. The molecule has 28 heavy (non-hydrogen) atoms. The van der Waals surface area contributed by atoms with Crippen molar-refractivity contribution < 1.29 is 28.9 Å². The molecule has 146 valence electrons. The molecule has 2 amide bonds. The molecule has 2 N–H and O–H groups in total. The molecule has 0 spiro atoms. The van der Waals surface area contributed by atoms with Gasteiger partial charge in [0.2, 0.25) is 12.7 Å². The zero-order valence-electron chi connectivity index (χ0n) is 15.3. The summed E-state index contributed by atoms with van der Waals surface area (Å²) in [5.74, 6) is 0.713. The highest BCUT2D eigenvalue weighted by Gasteiger charge is 2.32. The number of aliphatic hydroxyl groups excluding tert-OH is 1. The number of amides is 2. The molecule has 0 bridgehead atoms. The van der Waals surface area contributed by atoms with Crippen LogP contribution in [0.2, 0.25) is 0 Å². The number of rotatable bonds is 4. The first-order valence-electron chi connectivity index (χ1n) is 8.85. The maximum atomic E-state index is 12.4. The molecule has 2 aromatic carbocycles. The number of carbonyl (C=O) groups is 2. The number of morpholine rings is 1. The maximum Gasteiger partial charge on any atom is 0.255 e. The summed E-state index contributed by atoms with van der Waals surface area (Å²) in [5.41, 5.74) is 1.67. The van der Waals surface area contributed by atoms with Gasteiger partial charge in [-0.2, -0.15) is 0 Å². The lowest BCUT2D eigenvalue weighted by Gasteiger charge is -2.35. The highest BCUT2D eigenvalue weighted by atomic mass is 16.7. The molecule has 0 saturated carbocycles. The molecular formula is C20H20N2O6. The van der Waals surface area contributed by atoms with E-state index >= 15 is 0 Å². The van der Waals surface area contributed by atoms with Gasteiger partial charge in [-0.05, 0) is 35.9 Å². The van der Waals surface area contributed by atoms with Crippen LogP contribution in [0.4, 0.5) is 5.69 Å². The van der Waals surface area contributed by atoms with E-state index in [-0.39, 0.29) is 31.8 Å². The molecule has 2 unspecified atom stereocenters. The molecule has 4 rings (SSSR count). The molecule has 0 aromatic heterocycles. The smallest absolute Gasteiger partial charge is 0.255 e. The van der Waals surface area contributed by atoms with E-state index in [2.05, 4.69) is 5.32 Å². The lowest BCUT2D eigenvalue weighted by Crippen LogP contribution is -2.49. The third-order valence-corrected chi connectivity index (χ3v) is 4.91. The highest BCUT2D eigenvalue weighted by molar-refractivity contribution is 6.04. The Hall–Kier alpha value is -3.10. The summed E-state index contributed by atoms with van der Waals surface area (Å²) in [6.07, 6.45) is -0.882. The van der Waals surface area contributed by atoms with Crippen molar-refractivity contribution in [2.24, 2.45) is 0 Å². The third kappa shape index (κ3) is 3.51. The van der Waals surface area contributed by atoms with Gasteiger partial charge in [0.15, 0.2) is 11.5 Å². The number of ether oxygens (including phenoxy) is 3. The molecule has 2 atom stereocenters. The molecule has 0 aliphatic carbocycles. The van der Waals surface area contributed by atoms with Crippen molar-refractivity contribution in [1.29, 1.82) is 0 Å². The van der Waals surface area contributed by atoms with Gasteiger partial charge in [-0.1, -0.05) is 12.1 Å². The van der Waals surface area contributed by atoms with Gasteiger partial charge in [-0.15, -0.1) is 0 Å². The average Bonchev–Trinajstić information content (AvgIpc) is 3.18. The van der Waals surface area contributed by atoms with Gasteiger partial charge >= 0.3 is 0 Å². The molecule has 0 radical (unpaired) electrons. The normalized spacial score (nSPS) is 19.4. The quantitative estimate of drug-likeness (QED) is 0.830. The molecule has 8 heteroatoms. The van der Waals surface area contributed by atoms with Crippen molar-refractivity contribution in [2.75, 3.05) is 32.4 Å². The SMILES string of the molecule is CN1C(=O)COCC1C(O)c1ccc(NC(=O)c2ccc3c(c2)OCO3)cc1. The van der Waals surface area contributed by atoms with Crippen molar-refractivity contribution in [3.63, 3.8) is 0 Å². The van der Waals surface area contributed by atoms with Gasteiger partial charge in [0, 0.05) is 18.3 Å². The fourth-order valence-electron chi connectivity index (χ4n) is 3.20. The van der Waals surface area contributed by atoms with Crippen LogP contribution in [0.5, 0.6) is 11.5 Å². The van der Waals surface area contributed by atoms with Crippen LogP contribution in [-0.2, 0) is 9.53 Å². The van der Waals surface area contributed by atoms with Crippen LogP contribution in [0.1, 0.15) is 22.0 Å². The molecule has 8 nitrogen and oxygen atoms in total. The highest BCUT2D eigenvalue weighted by Crippen LogP contribution is 2.32. The summed E-state index contributed by atoms with van der Waals surface area (Å²) < 4.78 is 15.8. The second-order valence-electron chi connectivity index (χ2n) is 6.68. The van der Waals surface area contributed by atoms with Crippen LogP contribution in [-0.4, -0.2) is 54.9 Å². The number of nitrogens with zero attached hydrogens (tertiary/aromatic N) is 1. The van der Waals surface area contributed by atoms with Gasteiger partial charge in [0.25, 0.3) is 5.91 Å². The predicted octanol–water partition coefficient (Wildman–Crippen LogP) is 1.56. The molecular weight excluding hydrogens is 364 g/mol. The van der Waals surface area contributed by atoms with Gasteiger partial charge in [0.05, 0.1) is 12.6 Å². The Morgan fingerprint density at radius 2 is 1.93 bits per heavy atom. The zero-order chi connectivity index (χ0) is 19.7. The Morgan fingerprint density at radius 3 is 2.71 bits per heavy atom. The number of anilines is 1. The average molecular weight is 384 g/mol. The van der Waals surface area contributed by atoms with E-state index in [4.69, 9.17) is 14.2 Å². The second-order valence-corrected chi connectivity index (χ2v) is 6.68. The van der Waals surface area contributed by atoms with E-state index in [1.54, 1.807) is 49.5 Å². The molecule has 2 aromatic rings. The second kappa shape index (κ2) is 7.49. The minimum atomic E-state index is -0.882. The minimum absolute atomic E-state index is 0.0323.